The van der Waals surface area contributed by atoms with E-state index < -0.39 is 17.5 Å². The molecule has 0 aliphatic carbocycles. The number of rotatable bonds is 2. The SMILES string of the molecule is Nc1cc(C(=O)Nc2ccc(F)c(F)c2)ccn1. The number of amides is 1. The van der Waals surface area contributed by atoms with E-state index in [-0.39, 0.29) is 17.1 Å². The summed E-state index contributed by atoms with van der Waals surface area (Å²) in [6.45, 7) is 0. The summed E-state index contributed by atoms with van der Waals surface area (Å²) in [5.41, 5.74) is 5.88. The maximum absolute atomic E-state index is 12.9. The van der Waals surface area contributed by atoms with Crippen molar-refractivity contribution in [2.75, 3.05) is 11.1 Å². The molecule has 0 bridgehead atoms. The molecule has 3 N–H and O–H groups in total. The van der Waals surface area contributed by atoms with E-state index in [0.717, 1.165) is 12.1 Å². The molecular weight excluding hydrogens is 240 g/mol. The minimum atomic E-state index is -1.03. The van der Waals surface area contributed by atoms with Crippen molar-refractivity contribution in [3.63, 3.8) is 0 Å². The van der Waals surface area contributed by atoms with Crippen molar-refractivity contribution >= 4 is 17.4 Å². The lowest BCUT2D eigenvalue weighted by Crippen LogP contribution is -2.12. The number of nitrogens with zero attached hydrogens (tertiary/aromatic N) is 1. The minimum Gasteiger partial charge on any atom is -0.384 e. The van der Waals surface area contributed by atoms with E-state index in [4.69, 9.17) is 5.73 Å². The lowest BCUT2D eigenvalue weighted by atomic mass is 10.2. The van der Waals surface area contributed by atoms with Crippen molar-refractivity contribution in [2.24, 2.45) is 0 Å². The van der Waals surface area contributed by atoms with E-state index in [1.54, 1.807) is 0 Å². The third-order valence-corrected chi connectivity index (χ3v) is 2.22. The number of hydrogen-bond acceptors (Lipinski definition) is 3. The molecule has 2 rings (SSSR count). The van der Waals surface area contributed by atoms with Crippen LogP contribution in [-0.4, -0.2) is 10.9 Å². The maximum Gasteiger partial charge on any atom is 0.255 e. The summed E-state index contributed by atoms with van der Waals surface area (Å²) in [5.74, 6) is -2.27. The highest BCUT2D eigenvalue weighted by molar-refractivity contribution is 6.04. The fourth-order valence-corrected chi connectivity index (χ4v) is 1.37. The van der Waals surface area contributed by atoms with E-state index in [2.05, 4.69) is 10.3 Å². The molecule has 4 nitrogen and oxygen atoms in total. The molecule has 0 unspecified atom stereocenters. The highest BCUT2D eigenvalue weighted by Gasteiger charge is 2.08. The van der Waals surface area contributed by atoms with Gasteiger partial charge in [0.2, 0.25) is 0 Å². The first-order valence-electron chi connectivity index (χ1n) is 5.04. The molecular formula is C12H9F2N3O. The molecule has 0 saturated carbocycles. The molecule has 0 spiro atoms. The average Bonchev–Trinajstić information content (AvgIpc) is 2.34. The monoisotopic (exact) mass is 249 g/mol. The van der Waals surface area contributed by atoms with Gasteiger partial charge in [0.15, 0.2) is 11.6 Å². The van der Waals surface area contributed by atoms with Gasteiger partial charge >= 0.3 is 0 Å². The second-order valence-electron chi connectivity index (χ2n) is 3.55. The molecule has 92 valence electrons. The van der Waals surface area contributed by atoms with Gasteiger partial charge in [-0.3, -0.25) is 4.79 Å². The van der Waals surface area contributed by atoms with Gasteiger partial charge in [-0.05, 0) is 24.3 Å². The van der Waals surface area contributed by atoms with Crippen LogP contribution >= 0.6 is 0 Å². The summed E-state index contributed by atoms with van der Waals surface area (Å²) in [5, 5.41) is 2.42. The fraction of sp³-hybridized carbons (Fsp3) is 0. The Labute approximate surface area is 101 Å². The summed E-state index contributed by atoms with van der Waals surface area (Å²) in [7, 11) is 0. The first-order valence-corrected chi connectivity index (χ1v) is 5.04. The Balaban J connectivity index is 2.18. The zero-order chi connectivity index (χ0) is 13.1. The number of aromatic nitrogens is 1. The predicted molar refractivity (Wildman–Crippen MR) is 63.0 cm³/mol. The fourth-order valence-electron chi connectivity index (χ4n) is 1.37. The molecule has 0 fully saturated rings. The third-order valence-electron chi connectivity index (χ3n) is 2.22. The van der Waals surface area contributed by atoms with Gasteiger partial charge in [-0.25, -0.2) is 13.8 Å². The van der Waals surface area contributed by atoms with Gasteiger partial charge in [0.05, 0.1) is 0 Å². The summed E-state index contributed by atoms with van der Waals surface area (Å²) >= 11 is 0. The number of pyridine rings is 1. The van der Waals surface area contributed by atoms with Crippen LogP contribution in [0.4, 0.5) is 20.3 Å². The van der Waals surface area contributed by atoms with Crippen molar-refractivity contribution in [3.8, 4) is 0 Å². The molecule has 0 atom stereocenters. The number of halogens is 2. The molecule has 0 saturated heterocycles. The second kappa shape index (κ2) is 4.79. The van der Waals surface area contributed by atoms with Crippen LogP contribution in [0.25, 0.3) is 0 Å². The summed E-state index contributed by atoms with van der Waals surface area (Å²) in [6.07, 6.45) is 1.38. The van der Waals surface area contributed by atoms with Gasteiger partial charge < -0.3 is 11.1 Å². The minimum absolute atomic E-state index is 0.161. The van der Waals surface area contributed by atoms with Crippen molar-refractivity contribution in [3.05, 3.63) is 53.7 Å². The Hall–Kier alpha value is -2.50. The molecule has 1 amide bonds. The van der Waals surface area contributed by atoms with Crippen LogP contribution < -0.4 is 11.1 Å². The number of nitrogens with two attached hydrogens (primary N) is 1. The van der Waals surface area contributed by atoms with Gasteiger partial charge in [-0.15, -0.1) is 0 Å². The van der Waals surface area contributed by atoms with Gasteiger partial charge in [0.1, 0.15) is 5.82 Å². The lowest BCUT2D eigenvalue weighted by Gasteiger charge is -2.05. The molecule has 0 radical (unpaired) electrons. The Bertz CT molecular complexity index is 602. The smallest absolute Gasteiger partial charge is 0.255 e. The zero-order valence-electron chi connectivity index (χ0n) is 9.15. The van der Waals surface area contributed by atoms with Crippen molar-refractivity contribution < 1.29 is 13.6 Å². The maximum atomic E-state index is 12.9. The molecule has 0 aliphatic rings. The molecule has 1 aromatic carbocycles. The average molecular weight is 249 g/mol. The second-order valence-corrected chi connectivity index (χ2v) is 3.55. The van der Waals surface area contributed by atoms with Crippen LogP contribution in [0.5, 0.6) is 0 Å². The highest BCUT2D eigenvalue weighted by Crippen LogP contribution is 2.14. The number of anilines is 2. The Morgan fingerprint density at radius 2 is 1.94 bits per heavy atom. The molecule has 1 aromatic heterocycles. The summed E-state index contributed by atoms with van der Waals surface area (Å²) in [4.78, 5) is 15.5. The van der Waals surface area contributed by atoms with Crippen LogP contribution in [0.2, 0.25) is 0 Å². The van der Waals surface area contributed by atoms with Crippen molar-refractivity contribution in [1.29, 1.82) is 0 Å². The predicted octanol–water partition coefficient (Wildman–Crippen LogP) is 2.19. The lowest BCUT2D eigenvalue weighted by molar-refractivity contribution is 0.102. The standard InChI is InChI=1S/C12H9F2N3O/c13-9-2-1-8(6-10(9)14)17-12(18)7-3-4-16-11(15)5-7/h1-6H,(H2,15,16)(H,17,18). The van der Waals surface area contributed by atoms with E-state index in [0.29, 0.717) is 0 Å². The Kier molecular flexibility index (Phi) is 3.18. The van der Waals surface area contributed by atoms with Crippen molar-refractivity contribution in [1.82, 2.24) is 4.98 Å². The largest absolute Gasteiger partial charge is 0.384 e. The topological polar surface area (TPSA) is 68.0 Å². The van der Waals surface area contributed by atoms with Crippen LogP contribution in [0.15, 0.2) is 36.5 Å². The van der Waals surface area contributed by atoms with Crippen molar-refractivity contribution in [2.45, 2.75) is 0 Å². The molecule has 2 aromatic rings. The van der Waals surface area contributed by atoms with E-state index in [9.17, 15) is 13.6 Å². The van der Waals surface area contributed by atoms with E-state index >= 15 is 0 Å². The Morgan fingerprint density at radius 3 is 2.61 bits per heavy atom. The molecule has 1 heterocycles. The summed E-state index contributed by atoms with van der Waals surface area (Å²) in [6, 6.07) is 5.95. The molecule has 0 aliphatic heterocycles. The molecule has 18 heavy (non-hydrogen) atoms. The van der Waals surface area contributed by atoms with Gasteiger partial charge in [0.25, 0.3) is 5.91 Å². The first kappa shape index (κ1) is 12.0. The Morgan fingerprint density at radius 1 is 1.17 bits per heavy atom. The van der Waals surface area contributed by atoms with Gasteiger partial charge in [0, 0.05) is 23.5 Å². The van der Waals surface area contributed by atoms with Gasteiger partial charge in [-0.2, -0.15) is 0 Å². The first-order chi connectivity index (χ1) is 8.56. The number of hydrogen-bond donors (Lipinski definition) is 2. The normalized spacial score (nSPS) is 10.1. The van der Waals surface area contributed by atoms with Crippen LogP contribution in [-0.2, 0) is 0 Å². The van der Waals surface area contributed by atoms with E-state index in [1.807, 2.05) is 0 Å². The third kappa shape index (κ3) is 2.60. The number of benzene rings is 1. The summed E-state index contributed by atoms with van der Waals surface area (Å²) < 4.78 is 25.6. The van der Waals surface area contributed by atoms with E-state index in [1.165, 1.54) is 24.4 Å². The van der Waals surface area contributed by atoms with Crippen LogP contribution in [0, 0.1) is 11.6 Å². The molecule has 6 heteroatoms. The van der Waals surface area contributed by atoms with Crippen LogP contribution in [0.3, 0.4) is 0 Å². The quantitative estimate of drug-likeness (QED) is 0.857. The van der Waals surface area contributed by atoms with Gasteiger partial charge in [-0.1, -0.05) is 0 Å². The van der Waals surface area contributed by atoms with Crippen LogP contribution in [0.1, 0.15) is 10.4 Å². The highest BCUT2D eigenvalue weighted by atomic mass is 19.2. The number of carbonyl (C=O) groups excluding carboxylic acids is 1. The number of carbonyl (C=O) groups is 1. The number of nitrogens with one attached hydrogen (secondary N) is 1. The zero-order valence-corrected chi connectivity index (χ0v) is 9.15. The number of nitrogen functional groups attached to an aromatic ring is 1.